The highest BCUT2D eigenvalue weighted by Gasteiger charge is 2.50. The summed E-state index contributed by atoms with van der Waals surface area (Å²) in [4.78, 5) is 11.5. The minimum atomic E-state index is -3.31. The van der Waals surface area contributed by atoms with Gasteiger partial charge in [0, 0.05) is 18.4 Å². The molecule has 114 valence electrons. The van der Waals surface area contributed by atoms with Gasteiger partial charge in [0.1, 0.15) is 17.7 Å². The van der Waals surface area contributed by atoms with E-state index < -0.39 is 27.3 Å². The predicted molar refractivity (Wildman–Crippen MR) is 72.5 cm³/mol. The smallest absolute Gasteiger partial charge is 0.310 e. The highest BCUT2D eigenvalue weighted by atomic mass is 32.2. The van der Waals surface area contributed by atoms with Crippen LogP contribution in [0.15, 0.2) is 18.2 Å². The van der Waals surface area contributed by atoms with Crippen molar-refractivity contribution in [3.8, 4) is 5.75 Å². The van der Waals surface area contributed by atoms with Crippen molar-refractivity contribution in [3.63, 3.8) is 0 Å². The number of benzene rings is 1. The van der Waals surface area contributed by atoms with E-state index in [0.717, 1.165) is 0 Å². The van der Waals surface area contributed by atoms with Crippen LogP contribution < -0.4 is 4.74 Å². The molecule has 2 atom stereocenters. The molecule has 0 radical (unpaired) electrons. The summed E-state index contributed by atoms with van der Waals surface area (Å²) in [5.74, 6) is -1.38. The number of carbonyl (C=O) groups is 1. The summed E-state index contributed by atoms with van der Waals surface area (Å²) in [6.07, 6.45) is 0.209. The van der Waals surface area contributed by atoms with Gasteiger partial charge in [-0.05, 0) is 24.6 Å². The van der Waals surface area contributed by atoms with E-state index in [1.54, 1.807) is 0 Å². The minimum Gasteiger partial charge on any atom is -0.490 e. The largest absolute Gasteiger partial charge is 0.490 e. The monoisotopic (exact) mass is 314 g/mol. The summed E-state index contributed by atoms with van der Waals surface area (Å²) in [7, 11) is -3.31. The molecule has 2 heterocycles. The van der Waals surface area contributed by atoms with Crippen LogP contribution in [0.1, 0.15) is 18.4 Å². The Balaban J connectivity index is 1.79. The lowest BCUT2D eigenvalue weighted by atomic mass is 9.81. The highest BCUT2D eigenvalue weighted by Crippen LogP contribution is 2.41. The number of carboxylic acids is 1. The average Bonchev–Trinajstić information content (AvgIpc) is 2.90. The molecule has 1 aromatic rings. The van der Waals surface area contributed by atoms with Gasteiger partial charge in [0.05, 0.1) is 16.9 Å². The second kappa shape index (κ2) is 4.69. The highest BCUT2D eigenvalue weighted by molar-refractivity contribution is 7.91. The van der Waals surface area contributed by atoms with E-state index in [1.165, 1.54) is 18.2 Å². The molecule has 5 nitrogen and oxygen atoms in total. The molecule has 21 heavy (non-hydrogen) atoms. The van der Waals surface area contributed by atoms with Crippen molar-refractivity contribution in [1.29, 1.82) is 0 Å². The van der Waals surface area contributed by atoms with Crippen LogP contribution >= 0.6 is 0 Å². The Bertz CT molecular complexity index is 699. The third-order valence-electron chi connectivity index (χ3n) is 4.22. The number of sulfone groups is 1. The molecule has 0 amide bonds. The Labute approximate surface area is 121 Å². The van der Waals surface area contributed by atoms with Gasteiger partial charge < -0.3 is 9.84 Å². The Morgan fingerprint density at radius 3 is 2.86 bits per heavy atom. The zero-order chi connectivity index (χ0) is 15.3. The lowest BCUT2D eigenvalue weighted by molar-refractivity contribution is -0.148. The molecule has 1 saturated heterocycles. The van der Waals surface area contributed by atoms with Crippen LogP contribution in [0.5, 0.6) is 5.75 Å². The normalized spacial score (nSPS) is 29.9. The molecule has 0 spiro atoms. The fourth-order valence-electron chi connectivity index (χ4n) is 3.17. The molecule has 1 aromatic carbocycles. The molecule has 0 aliphatic carbocycles. The maximum atomic E-state index is 13.2. The van der Waals surface area contributed by atoms with Gasteiger partial charge in [-0.25, -0.2) is 12.8 Å². The van der Waals surface area contributed by atoms with E-state index in [2.05, 4.69) is 0 Å². The Hall–Kier alpha value is -1.63. The van der Waals surface area contributed by atoms with Gasteiger partial charge in [0.2, 0.25) is 0 Å². The van der Waals surface area contributed by atoms with Gasteiger partial charge in [-0.2, -0.15) is 0 Å². The van der Waals surface area contributed by atoms with E-state index in [1.807, 2.05) is 0 Å². The van der Waals surface area contributed by atoms with Crippen molar-refractivity contribution >= 4 is 15.8 Å². The number of halogens is 1. The molecule has 3 rings (SSSR count). The fraction of sp³-hybridized carbons (Fsp3) is 0.500. The van der Waals surface area contributed by atoms with Crippen molar-refractivity contribution in [2.24, 2.45) is 5.41 Å². The minimum absolute atomic E-state index is 0.104. The maximum absolute atomic E-state index is 13.2. The number of ether oxygens (including phenoxy) is 1. The van der Waals surface area contributed by atoms with Crippen LogP contribution in [-0.4, -0.2) is 37.1 Å². The number of hydrogen-bond acceptors (Lipinski definition) is 4. The predicted octanol–water partition coefficient (Wildman–Crippen LogP) is 1.41. The van der Waals surface area contributed by atoms with Crippen molar-refractivity contribution in [3.05, 3.63) is 29.6 Å². The molecule has 0 bridgehead atoms. The number of carboxylic acid groups (broad SMARTS) is 1. The number of hydrogen-bond donors (Lipinski definition) is 1. The lowest BCUT2D eigenvalue weighted by Gasteiger charge is -2.25. The van der Waals surface area contributed by atoms with E-state index in [0.29, 0.717) is 17.7 Å². The quantitative estimate of drug-likeness (QED) is 0.912. The Kier molecular flexibility index (Phi) is 3.20. The number of aliphatic carboxylic acids is 1. The number of fused-ring (bicyclic) bond motifs is 1. The molecule has 0 aromatic heterocycles. The van der Waals surface area contributed by atoms with E-state index in [4.69, 9.17) is 4.74 Å². The van der Waals surface area contributed by atoms with Gasteiger partial charge in [0.15, 0.2) is 9.84 Å². The van der Waals surface area contributed by atoms with E-state index in [9.17, 15) is 22.7 Å². The van der Waals surface area contributed by atoms with Crippen LogP contribution in [0.4, 0.5) is 4.39 Å². The fourth-order valence-corrected chi connectivity index (χ4v) is 5.25. The molecular formula is C14H15FO5S. The third kappa shape index (κ3) is 2.62. The Morgan fingerprint density at radius 2 is 2.24 bits per heavy atom. The molecule has 2 unspecified atom stereocenters. The Morgan fingerprint density at radius 1 is 1.48 bits per heavy atom. The van der Waals surface area contributed by atoms with Crippen LogP contribution in [-0.2, 0) is 21.1 Å². The van der Waals surface area contributed by atoms with Crippen molar-refractivity contribution < 1.29 is 27.4 Å². The van der Waals surface area contributed by atoms with Crippen molar-refractivity contribution in [2.75, 3.05) is 11.5 Å². The van der Waals surface area contributed by atoms with E-state index in [-0.39, 0.29) is 30.2 Å². The van der Waals surface area contributed by atoms with E-state index >= 15 is 0 Å². The summed E-state index contributed by atoms with van der Waals surface area (Å²) in [6, 6.07) is 4.17. The molecule has 1 fully saturated rings. The molecule has 7 heteroatoms. The van der Waals surface area contributed by atoms with Gasteiger partial charge in [-0.15, -0.1) is 0 Å². The average molecular weight is 314 g/mol. The first kappa shape index (κ1) is 14.3. The summed E-state index contributed by atoms with van der Waals surface area (Å²) in [5.41, 5.74) is -0.592. The van der Waals surface area contributed by atoms with Crippen LogP contribution in [0.25, 0.3) is 0 Å². The number of rotatable bonds is 3. The second-order valence-electron chi connectivity index (χ2n) is 5.83. The van der Waals surface area contributed by atoms with Crippen LogP contribution in [0.3, 0.4) is 0 Å². The SMILES string of the molecule is O=C(O)C1(CC2Cc3cc(F)ccc3O2)CCS(=O)(=O)C1. The molecule has 2 aliphatic rings. The first-order valence-electron chi connectivity index (χ1n) is 6.69. The first-order valence-corrected chi connectivity index (χ1v) is 8.51. The van der Waals surface area contributed by atoms with Gasteiger partial charge in [-0.3, -0.25) is 4.79 Å². The van der Waals surface area contributed by atoms with Gasteiger partial charge in [0.25, 0.3) is 0 Å². The summed E-state index contributed by atoms with van der Waals surface area (Å²) >= 11 is 0. The molecule has 1 N–H and O–H groups in total. The second-order valence-corrected chi connectivity index (χ2v) is 8.01. The summed E-state index contributed by atoms with van der Waals surface area (Å²) < 4.78 is 42.1. The molecular weight excluding hydrogens is 299 g/mol. The van der Waals surface area contributed by atoms with Crippen LogP contribution in [0.2, 0.25) is 0 Å². The lowest BCUT2D eigenvalue weighted by Crippen LogP contribution is -2.37. The summed E-state index contributed by atoms with van der Waals surface area (Å²) in [6.45, 7) is 0. The molecule has 0 saturated carbocycles. The van der Waals surface area contributed by atoms with Crippen molar-refractivity contribution in [2.45, 2.75) is 25.4 Å². The van der Waals surface area contributed by atoms with Gasteiger partial charge in [-0.1, -0.05) is 0 Å². The third-order valence-corrected chi connectivity index (χ3v) is 6.04. The van der Waals surface area contributed by atoms with Gasteiger partial charge >= 0.3 is 5.97 Å². The molecule has 2 aliphatic heterocycles. The zero-order valence-corrected chi connectivity index (χ0v) is 12.0. The topological polar surface area (TPSA) is 80.7 Å². The summed E-state index contributed by atoms with van der Waals surface area (Å²) in [5, 5.41) is 9.44. The first-order chi connectivity index (χ1) is 9.80. The van der Waals surface area contributed by atoms with Crippen LogP contribution in [0, 0.1) is 11.2 Å². The van der Waals surface area contributed by atoms with Crippen molar-refractivity contribution in [1.82, 2.24) is 0 Å². The maximum Gasteiger partial charge on any atom is 0.310 e. The zero-order valence-electron chi connectivity index (χ0n) is 11.2. The standard InChI is InChI=1S/C14H15FO5S/c15-10-1-2-12-9(5-10)6-11(20-12)7-14(13(16)17)3-4-21(18,19)8-14/h1-2,5,11H,3-4,6-8H2,(H,16,17).